The second kappa shape index (κ2) is 5.55. The van der Waals surface area contributed by atoms with Gasteiger partial charge in [-0.2, -0.15) is 0 Å². The zero-order chi connectivity index (χ0) is 13.9. The molecular weight excluding hydrogens is 252 g/mol. The van der Waals surface area contributed by atoms with Crippen molar-refractivity contribution in [3.05, 3.63) is 59.7 Å². The molecule has 0 fully saturated rings. The first-order chi connectivity index (χ1) is 9.78. The molecule has 0 radical (unpaired) electrons. The van der Waals surface area contributed by atoms with Gasteiger partial charge in [0, 0.05) is 5.56 Å². The summed E-state index contributed by atoms with van der Waals surface area (Å²) in [5.74, 6) is 1.50. The highest BCUT2D eigenvalue weighted by molar-refractivity contribution is 5.38. The van der Waals surface area contributed by atoms with E-state index >= 15 is 0 Å². The Morgan fingerprint density at radius 1 is 1.15 bits per heavy atom. The summed E-state index contributed by atoms with van der Waals surface area (Å²) in [7, 11) is 0. The Morgan fingerprint density at radius 2 is 1.90 bits per heavy atom. The van der Waals surface area contributed by atoms with Crippen LogP contribution >= 0.6 is 0 Å². The molecule has 0 aliphatic carbocycles. The van der Waals surface area contributed by atoms with E-state index in [0.29, 0.717) is 6.61 Å². The molecule has 1 heterocycles. The number of para-hydroxylation sites is 1. The van der Waals surface area contributed by atoms with Gasteiger partial charge < -0.3 is 14.6 Å². The lowest BCUT2D eigenvalue weighted by atomic mass is 10.0. The van der Waals surface area contributed by atoms with E-state index in [9.17, 15) is 5.11 Å². The average Bonchev–Trinajstić information content (AvgIpc) is 2.51. The largest absolute Gasteiger partial charge is 0.489 e. The van der Waals surface area contributed by atoms with E-state index in [0.717, 1.165) is 23.5 Å². The van der Waals surface area contributed by atoms with Crippen LogP contribution in [0.1, 0.15) is 24.2 Å². The number of aliphatic hydroxyl groups excluding tert-OH is 1. The molecule has 3 nitrogen and oxygen atoms in total. The fourth-order valence-electron chi connectivity index (χ4n) is 2.40. The smallest absolute Gasteiger partial charge is 0.163 e. The van der Waals surface area contributed by atoms with Gasteiger partial charge in [-0.15, -0.1) is 0 Å². The molecule has 3 heteroatoms. The third-order valence-electron chi connectivity index (χ3n) is 3.61. The molecule has 0 saturated carbocycles. The van der Waals surface area contributed by atoms with Crippen molar-refractivity contribution in [2.75, 3.05) is 6.61 Å². The van der Waals surface area contributed by atoms with E-state index in [-0.39, 0.29) is 6.10 Å². The SMILES string of the molecule is CCc1ccc(OC2COc3ccccc3C2O)cc1. The van der Waals surface area contributed by atoms with Gasteiger partial charge >= 0.3 is 0 Å². The summed E-state index contributed by atoms with van der Waals surface area (Å²) < 4.78 is 11.5. The Balaban J connectivity index is 1.75. The maximum atomic E-state index is 10.4. The first kappa shape index (κ1) is 13.0. The topological polar surface area (TPSA) is 38.7 Å². The number of ether oxygens (including phenoxy) is 2. The van der Waals surface area contributed by atoms with Gasteiger partial charge in [-0.05, 0) is 30.2 Å². The van der Waals surface area contributed by atoms with Gasteiger partial charge in [0.15, 0.2) is 6.10 Å². The number of aliphatic hydroxyl groups is 1. The van der Waals surface area contributed by atoms with Crippen LogP contribution in [-0.4, -0.2) is 17.8 Å². The summed E-state index contributed by atoms with van der Waals surface area (Å²) in [4.78, 5) is 0. The van der Waals surface area contributed by atoms with Gasteiger partial charge in [-0.3, -0.25) is 0 Å². The fraction of sp³-hybridized carbons (Fsp3) is 0.294. The van der Waals surface area contributed by atoms with Crippen LogP contribution in [0.25, 0.3) is 0 Å². The lowest BCUT2D eigenvalue weighted by Gasteiger charge is -2.30. The van der Waals surface area contributed by atoms with E-state index in [1.54, 1.807) is 0 Å². The lowest BCUT2D eigenvalue weighted by Crippen LogP contribution is -2.35. The Labute approximate surface area is 118 Å². The predicted octanol–water partition coefficient (Wildman–Crippen LogP) is 3.12. The molecule has 2 unspecified atom stereocenters. The molecule has 0 spiro atoms. The molecule has 3 rings (SSSR count). The van der Waals surface area contributed by atoms with Crippen molar-refractivity contribution in [3.63, 3.8) is 0 Å². The van der Waals surface area contributed by atoms with Crippen LogP contribution in [0, 0.1) is 0 Å². The molecule has 2 aromatic rings. The van der Waals surface area contributed by atoms with Crippen molar-refractivity contribution in [2.45, 2.75) is 25.6 Å². The molecule has 104 valence electrons. The molecular formula is C17H18O3. The van der Waals surface area contributed by atoms with E-state index in [2.05, 4.69) is 6.92 Å². The Morgan fingerprint density at radius 3 is 2.65 bits per heavy atom. The molecule has 0 amide bonds. The summed E-state index contributed by atoms with van der Waals surface area (Å²) >= 11 is 0. The summed E-state index contributed by atoms with van der Waals surface area (Å²) in [6, 6.07) is 15.5. The van der Waals surface area contributed by atoms with Crippen molar-refractivity contribution in [3.8, 4) is 11.5 Å². The van der Waals surface area contributed by atoms with Crippen molar-refractivity contribution in [2.24, 2.45) is 0 Å². The van der Waals surface area contributed by atoms with Crippen molar-refractivity contribution in [1.82, 2.24) is 0 Å². The fourth-order valence-corrected chi connectivity index (χ4v) is 2.40. The number of fused-ring (bicyclic) bond motifs is 1. The first-order valence-electron chi connectivity index (χ1n) is 6.93. The molecule has 20 heavy (non-hydrogen) atoms. The molecule has 0 bridgehead atoms. The van der Waals surface area contributed by atoms with Gasteiger partial charge in [-0.1, -0.05) is 37.3 Å². The molecule has 2 aromatic carbocycles. The van der Waals surface area contributed by atoms with Crippen molar-refractivity contribution < 1.29 is 14.6 Å². The van der Waals surface area contributed by atoms with Crippen LogP contribution in [0.3, 0.4) is 0 Å². The van der Waals surface area contributed by atoms with Crippen LogP contribution in [0.4, 0.5) is 0 Å². The summed E-state index contributed by atoms with van der Waals surface area (Å²) in [6.45, 7) is 2.47. The Bertz CT molecular complexity index is 577. The van der Waals surface area contributed by atoms with E-state index < -0.39 is 6.10 Å². The third kappa shape index (κ3) is 2.49. The summed E-state index contributed by atoms with van der Waals surface area (Å²) in [5, 5.41) is 10.4. The maximum Gasteiger partial charge on any atom is 0.163 e. The Kier molecular flexibility index (Phi) is 3.61. The highest BCUT2D eigenvalue weighted by Crippen LogP contribution is 2.33. The number of benzene rings is 2. The van der Waals surface area contributed by atoms with Gasteiger partial charge in [0.25, 0.3) is 0 Å². The quantitative estimate of drug-likeness (QED) is 0.931. The van der Waals surface area contributed by atoms with E-state index in [1.165, 1.54) is 5.56 Å². The number of hydrogen-bond acceptors (Lipinski definition) is 3. The second-order valence-corrected chi connectivity index (χ2v) is 4.95. The van der Waals surface area contributed by atoms with Crippen LogP contribution in [0.15, 0.2) is 48.5 Å². The zero-order valence-corrected chi connectivity index (χ0v) is 11.5. The second-order valence-electron chi connectivity index (χ2n) is 4.95. The molecule has 1 N–H and O–H groups in total. The van der Waals surface area contributed by atoms with Crippen molar-refractivity contribution >= 4 is 0 Å². The molecule has 1 aliphatic heterocycles. The molecule has 0 saturated heterocycles. The van der Waals surface area contributed by atoms with Crippen LogP contribution in [-0.2, 0) is 6.42 Å². The zero-order valence-electron chi connectivity index (χ0n) is 11.5. The maximum absolute atomic E-state index is 10.4. The summed E-state index contributed by atoms with van der Waals surface area (Å²) in [5.41, 5.74) is 2.05. The lowest BCUT2D eigenvalue weighted by molar-refractivity contribution is -0.0102. The van der Waals surface area contributed by atoms with Gasteiger partial charge in [-0.25, -0.2) is 0 Å². The van der Waals surface area contributed by atoms with E-state index in [4.69, 9.17) is 9.47 Å². The first-order valence-corrected chi connectivity index (χ1v) is 6.93. The predicted molar refractivity (Wildman–Crippen MR) is 77.1 cm³/mol. The van der Waals surface area contributed by atoms with Crippen LogP contribution < -0.4 is 9.47 Å². The average molecular weight is 270 g/mol. The minimum Gasteiger partial charge on any atom is -0.489 e. The standard InChI is InChI=1S/C17H18O3/c1-2-12-7-9-13(10-8-12)20-16-11-19-15-6-4-3-5-14(15)17(16)18/h3-10,16-18H,2,11H2,1H3. The van der Waals surface area contributed by atoms with Gasteiger partial charge in [0.2, 0.25) is 0 Å². The van der Waals surface area contributed by atoms with Crippen LogP contribution in [0.5, 0.6) is 11.5 Å². The van der Waals surface area contributed by atoms with Crippen LogP contribution in [0.2, 0.25) is 0 Å². The third-order valence-corrected chi connectivity index (χ3v) is 3.61. The minimum atomic E-state index is -0.661. The summed E-state index contributed by atoms with van der Waals surface area (Å²) in [6.07, 6.45) is -0.0359. The van der Waals surface area contributed by atoms with E-state index in [1.807, 2.05) is 48.5 Å². The minimum absolute atomic E-state index is 0.355. The highest BCUT2D eigenvalue weighted by Gasteiger charge is 2.30. The number of aryl methyl sites for hydroxylation is 1. The highest BCUT2D eigenvalue weighted by atomic mass is 16.5. The molecule has 0 aromatic heterocycles. The Hall–Kier alpha value is -2.00. The number of rotatable bonds is 3. The number of hydrogen-bond donors (Lipinski definition) is 1. The monoisotopic (exact) mass is 270 g/mol. The van der Waals surface area contributed by atoms with Crippen molar-refractivity contribution in [1.29, 1.82) is 0 Å². The van der Waals surface area contributed by atoms with Gasteiger partial charge in [0.1, 0.15) is 24.2 Å². The molecule has 1 aliphatic rings. The normalized spacial score (nSPS) is 20.9. The van der Waals surface area contributed by atoms with Gasteiger partial charge in [0.05, 0.1) is 0 Å². The molecule has 2 atom stereocenters.